The number of hydrogen-bond donors (Lipinski definition) is 0. The molecule has 1 aromatic heterocycles. The van der Waals surface area contributed by atoms with E-state index in [2.05, 4.69) is 9.97 Å². The highest BCUT2D eigenvalue weighted by atomic mass is 16.5. The van der Waals surface area contributed by atoms with Gasteiger partial charge in [0.1, 0.15) is 12.0 Å². The predicted octanol–water partition coefficient (Wildman–Crippen LogP) is 1.77. The van der Waals surface area contributed by atoms with Crippen LogP contribution in [-0.4, -0.2) is 21.9 Å². The molecule has 4 heteroatoms. The lowest BCUT2D eigenvalue weighted by atomic mass is 10.2. The molecule has 0 radical (unpaired) electrons. The Morgan fingerprint density at radius 2 is 2.07 bits per heavy atom. The van der Waals surface area contributed by atoms with E-state index < -0.39 is 0 Å². The molecule has 76 valence electrons. The molecular formula is C10H14N2O2. The first kappa shape index (κ1) is 10.6. The summed E-state index contributed by atoms with van der Waals surface area (Å²) < 4.78 is 5.43. The van der Waals surface area contributed by atoms with Crippen LogP contribution in [-0.2, 0) is 0 Å². The largest absolute Gasteiger partial charge is 0.475 e. The lowest BCUT2D eigenvalue weighted by Gasteiger charge is -2.11. The Balaban J connectivity index is 3.07. The van der Waals surface area contributed by atoms with Crippen LogP contribution in [0.4, 0.5) is 0 Å². The van der Waals surface area contributed by atoms with Crippen LogP contribution in [0.1, 0.15) is 36.8 Å². The summed E-state index contributed by atoms with van der Waals surface area (Å²) >= 11 is 0. The van der Waals surface area contributed by atoms with Gasteiger partial charge in [0.2, 0.25) is 5.88 Å². The van der Waals surface area contributed by atoms with Gasteiger partial charge < -0.3 is 4.74 Å². The van der Waals surface area contributed by atoms with Crippen LogP contribution in [0.2, 0.25) is 0 Å². The monoisotopic (exact) mass is 194 g/mol. The van der Waals surface area contributed by atoms with Crippen molar-refractivity contribution in [3.8, 4) is 5.88 Å². The van der Waals surface area contributed by atoms with Gasteiger partial charge in [-0.3, -0.25) is 4.79 Å². The number of ether oxygens (including phenoxy) is 1. The summed E-state index contributed by atoms with van der Waals surface area (Å²) in [5.74, 6) is 0.415. The first-order chi connectivity index (χ1) is 6.52. The minimum Gasteiger partial charge on any atom is -0.475 e. The molecule has 0 atom stereocenters. The Kier molecular flexibility index (Phi) is 3.17. The fourth-order valence-corrected chi connectivity index (χ4v) is 1.13. The molecule has 0 saturated heterocycles. The van der Waals surface area contributed by atoms with Gasteiger partial charge in [0.25, 0.3) is 0 Å². The third kappa shape index (κ3) is 2.28. The van der Waals surface area contributed by atoms with Gasteiger partial charge in [0.05, 0.1) is 6.10 Å². The molecule has 0 amide bonds. The molecule has 0 aliphatic carbocycles. The number of carbonyl (C=O) groups excluding carboxylic acids is 1. The Labute approximate surface area is 83.3 Å². The minimum absolute atomic E-state index is 0.0448. The van der Waals surface area contributed by atoms with Gasteiger partial charge in [-0.15, -0.1) is 0 Å². The maximum Gasteiger partial charge on any atom is 0.220 e. The SMILES string of the molecule is CC(=O)c1ncnc(OC(C)C)c1C. The van der Waals surface area contributed by atoms with Crippen molar-refractivity contribution < 1.29 is 9.53 Å². The van der Waals surface area contributed by atoms with Gasteiger partial charge in [-0.1, -0.05) is 0 Å². The van der Waals surface area contributed by atoms with E-state index in [9.17, 15) is 4.79 Å². The zero-order valence-corrected chi connectivity index (χ0v) is 8.87. The van der Waals surface area contributed by atoms with Gasteiger partial charge in [-0.05, 0) is 20.8 Å². The van der Waals surface area contributed by atoms with Crippen molar-refractivity contribution in [2.24, 2.45) is 0 Å². The summed E-state index contributed by atoms with van der Waals surface area (Å²) in [5, 5.41) is 0. The molecule has 1 heterocycles. The third-order valence-corrected chi connectivity index (χ3v) is 1.72. The third-order valence-electron chi connectivity index (χ3n) is 1.72. The van der Waals surface area contributed by atoms with Gasteiger partial charge in [-0.2, -0.15) is 0 Å². The molecule has 0 saturated carbocycles. The van der Waals surface area contributed by atoms with E-state index in [1.54, 1.807) is 6.92 Å². The van der Waals surface area contributed by atoms with Gasteiger partial charge >= 0.3 is 0 Å². The van der Waals surface area contributed by atoms with E-state index in [0.29, 0.717) is 17.1 Å². The standard InChI is InChI=1S/C10H14N2O2/c1-6(2)14-10-7(3)9(8(4)13)11-5-12-10/h5-6H,1-4H3. The van der Waals surface area contributed by atoms with Crippen LogP contribution in [0.5, 0.6) is 5.88 Å². The Hall–Kier alpha value is -1.45. The first-order valence-corrected chi connectivity index (χ1v) is 4.51. The summed E-state index contributed by atoms with van der Waals surface area (Å²) in [6.45, 7) is 7.09. The average Bonchev–Trinajstić information content (AvgIpc) is 2.07. The number of nitrogens with zero attached hydrogens (tertiary/aromatic N) is 2. The molecule has 0 fully saturated rings. The molecule has 0 N–H and O–H groups in total. The fraction of sp³-hybridized carbons (Fsp3) is 0.500. The van der Waals surface area contributed by atoms with Crippen LogP contribution in [0.3, 0.4) is 0 Å². The number of rotatable bonds is 3. The average molecular weight is 194 g/mol. The molecule has 1 aromatic rings. The number of hydrogen-bond acceptors (Lipinski definition) is 4. The molecule has 0 spiro atoms. The number of Topliss-reactive ketones (excluding diaryl/α,β-unsaturated/α-hetero) is 1. The molecule has 0 bridgehead atoms. The minimum atomic E-state index is -0.0708. The highest BCUT2D eigenvalue weighted by Crippen LogP contribution is 2.17. The molecule has 1 rings (SSSR count). The van der Waals surface area contributed by atoms with Crippen molar-refractivity contribution >= 4 is 5.78 Å². The van der Waals surface area contributed by atoms with E-state index in [-0.39, 0.29) is 11.9 Å². The highest BCUT2D eigenvalue weighted by molar-refractivity contribution is 5.93. The van der Waals surface area contributed by atoms with E-state index in [4.69, 9.17) is 4.74 Å². The summed E-state index contributed by atoms with van der Waals surface area (Å²) in [4.78, 5) is 19.0. The smallest absolute Gasteiger partial charge is 0.220 e. The quantitative estimate of drug-likeness (QED) is 0.688. The summed E-state index contributed by atoms with van der Waals surface area (Å²) in [5.41, 5.74) is 1.13. The Morgan fingerprint density at radius 1 is 1.43 bits per heavy atom. The maximum atomic E-state index is 11.2. The van der Waals surface area contributed by atoms with Crippen LogP contribution in [0, 0.1) is 6.92 Å². The van der Waals surface area contributed by atoms with E-state index in [0.717, 1.165) is 0 Å². The second-order valence-corrected chi connectivity index (χ2v) is 3.38. The topological polar surface area (TPSA) is 52.1 Å². The number of carbonyl (C=O) groups is 1. The van der Waals surface area contributed by atoms with Crippen molar-refractivity contribution in [2.45, 2.75) is 33.8 Å². The Morgan fingerprint density at radius 3 is 2.57 bits per heavy atom. The highest BCUT2D eigenvalue weighted by Gasteiger charge is 2.12. The normalized spacial score (nSPS) is 10.4. The second kappa shape index (κ2) is 4.17. The van der Waals surface area contributed by atoms with E-state index in [1.165, 1.54) is 13.3 Å². The van der Waals surface area contributed by atoms with Crippen molar-refractivity contribution in [1.29, 1.82) is 0 Å². The van der Waals surface area contributed by atoms with E-state index >= 15 is 0 Å². The van der Waals surface area contributed by atoms with Gasteiger partial charge in [0, 0.05) is 12.5 Å². The molecule has 14 heavy (non-hydrogen) atoms. The molecular weight excluding hydrogens is 180 g/mol. The zero-order chi connectivity index (χ0) is 10.7. The van der Waals surface area contributed by atoms with Crippen molar-refractivity contribution in [3.63, 3.8) is 0 Å². The Bertz CT molecular complexity index is 348. The molecule has 0 unspecified atom stereocenters. The van der Waals surface area contributed by atoms with Crippen molar-refractivity contribution in [3.05, 3.63) is 17.6 Å². The molecule has 0 aromatic carbocycles. The summed E-state index contributed by atoms with van der Waals surface area (Å²) in [7, 11) is 0. The van der Waals surface area contributed by atoms with Gasteiger partial charge in [0.15, 0.2) is 5.78 Å². The molecule has 4 nitrogen and oxygen atoms in total. The van der Waals surface area contributed by atoms with Crippen LogP contribution >= 0.6 is 0 Å². The number of aromatic nitrogens is 2. The summed E-state index contributed by atoms with van der Waals surface area (Å²) in [6, 6.07) is 0. The van der Waals surface area contributed by atoms with Crippen LogP contribution in [0.25, 0.3) is 0 Å². The zero-order valence-electron chi connectivity index (χ0n) is 8.87. The lowest BCUT2D eigenvalue weighted by molar-refractivity contribution is 0.101. The fourth-order valence-electron chi connectivity index (χ4n) is 1.13. The van der Waals surface area contributed by atoms with E-state index in [1.807, 2.05) is 13.8 Å². The molecule has 0 aliphatic heterocycles. The maximum absolute atomic E-state index is 11.2. The van der Waals surface area contributed by atoms with Crippen LogP contribution in [0.15, 0.2) is 6.33 Å². The summed E-state index contributed by atoms with van der Waals surface area (Å²) in [6.07, 6.45) is 1.39. The lowest BCUT2D eigenvalue weighted by Crippen LogP contribution is -2.11. The van der Waals surface area contributed by atoms with Crippen LogP contribution < -0.4 is 4.74 Å². The second-order valence-electron chi connectivity index (χ2n) is 3.38. The van der Waals surface area contributed by atoms with Gasteiger partial charge in [-0.25, -0.2) is 9.97 Å². The van der Waals surface area contributed by atoms with Crippen molar-refractivity contribution in [1.82, 2.24) is 9.97 Å². The predicted molar refractivity (Wildman–Crippen MR) is 52.5 cm³/mol. The first-order valence-electron chi connectivity index (χ1n) is 4.51. The number of ketones is 1. The van der Waals surface area contributed by atoms with Crippen molar-refractivity contribution in [2.75, 3.05) is 0 Å². The molecule has 0 aliphatic rings.